The van der Waals surface area contributed by atoms with Crippen LogP contribution >= 0.6 is 0 Å². The molecular weight excluding hydrogens is 989 g/mol. The number of fused-ring (bicyclic) bond motifs is 4. The molecule has 432 valence electrons. The molecule has 0 aromatic heterocycles. The fourth-order valence-corrected chi connectivity index (χ4v) is 17.7. The van der Waals surface area contributed by atoms with E-state index in [1.54, 1.807) is 0 Å². The van der Waals surface area contributed by atoms with E-state index in [-0.39, 0.29) is 51.4 Å². The first-order valence-corrected chi connectivity index (χ1v) is 27.7. The fraction of sp³-hybridized carbons (Fsp3) is 1.00. The maximum Gasteiger partial charge on any atom is 0.187 e. The summed E-state index contributed by atoms with van der Waals surface area (Å²) in [7, 11) is 0. The van der Waals surface area contributed by atoms with Crippen LogP contribution in [0.5, 0.6) is 0 Å². The molecule has 2 bridgehead atoms. The zero-order valence-electron chi connectivity index (χ0n) is 44.5. The molecular formula is C53H88O22. The van der Waals surface area contributed by atoms with Gasteiger partial charge in [0.1, 0.15) is 85.5 Å². The minimum absolute atomic E-state index is 0.108. The van der Waals surface area contributed by atoms with Crippen molar-refractivity contribution >= 4 is 0 Å². The van der Waals surface area contributed by atoms with Crippen molar-refractivity contribution in [1.82, 2.24) is 0 Å². The third kappa shape index (κ3) is 8.62. The summed E-state index contributed by atoms with van der Waals surface area (Å²) in [5.74, 6) is 0.556. The van der Waals surface area contributed by atoms with E-state index in [2.05, 4.69) is 41.5 Å². The Balaban J connectivity index is 0.901. The summed E-state index contributed by atoms with van der Waals surface area (Å²) in [4.78, 5) is 0. The van der Waals surface area contributed by atoms with Crippen LogP contribution in [0.15, 0.2) is 0 Å². The monoisotopic (exact) mass is 1080 g/mol. The van der Waals surface area contributed by atoms with Gasteiger partial charge in [0.05, 0.1) is 50.3 Å². The van der Waals surface area contributed by atoms with Crippen molar-refractivity contribution < 1.29 is 109 Å². The average molecular weight is 1080 g/mol. The van der Waals surface area contributed by atoms with Crippen molar-refractivity contribution in [2.75, 3.05) is 33.0 Å². The Bertz CT molecular complexity index is 2020. The SMILES string of the molecule is C[C@@H]1O[C@@H](O[C@H]2[C@H](O[C@H]3CO[C@@H](O[C@H]4CC[C@]5(C)[C@H]6CC[C@]78OC[C@@]9(CC[C@@](C)(CO)CC97)[C@H](O)C[C@@]8(C)[C@]6(C)CC[C@H]5C4(C)C)[C@H](O[C@@H]4O[C@H](CO)[C@@H](O)[C@H](O)[C@H]4O)[C@H]3O)O[C@H](CO)[C@@H](O)[C@@H]2O)[C@H](O)[C@H](O)[C@H]1O. The zero-order chi connectivity index (χ0) is 54.3. The summed E-state index contributed by atoms with van der Waals surface area (Å²) in [6.07, 6.45) is -23.9. The second kappa shape index (κ2) is 20.2. The van der Waals surface area contributed by atoms with Gasteiger partial charge in [0.15, 0.2) is 25.2 Å². The first-order chi connectivity index (χ1) is 35.2. The highest BCUT2D eigenvalue weighted by Gasteiger charge is 2.80. The van der Waals surface area contributed by atoms with Gasteiger partial charge in [-0.25, -0.2) is 0 Å². The van der Waals surface area contributed by atoms with Gasteiger partial charge in [-0.1, -0.05) is 41.5 Å². The summed E-state index contributed by atoms with van der Waals surface area (Å²) in [5, 5.41) is 142. The molecule has 75 heavy (non-hydrogen) atoms. The highest BCUT2D eigenvalue weighted by Crippen LogP contribution is 2.80. The molecule has 5 heterocycles. The van der Waals surface area contributed by atoms with Crippen molar-refractivity contribution in [2.45, 2.75) is 247 Å². The first kappa shape index (κ1) is 57.4. The molecule has 5 aliphatic heterocycles. The highest BCUT2D eigenvalue weighted by molar-refractivity contribution is 5.28. The molecule has 5 saturated heterocycles. The van der Waals surface area contributed by atoms with Gasteiger partial charge in [0.2, 0.25) is 0 Å². The van der Waals surface area contributed by atoms with Crippen molar-refractivity contribution in [1.29, 1.82) is 0 Å². The molecule has 22 nitrogen and oxygen atoms in total. The van der Waals surface area contributed by atoms with E-state index in [0.29, 0.717) is 19.4 Å². The largest absolute Gasteiger partial charge is 0.396 e. The van der Waals surface area contributed by atoms with Crippen LogP contribution < -0.4 is 0 Å². The Morgan fingerprint density at radius 3 is 1.77 bits per heavy atom. The molecule has 0 radical (unpaired) electrons. The van der Waals surface area contributed by atoms with Crippen LogP contribution in [0.1, 0.15) is 113 Å². The van der Waals surface area contributed by atoms with Crippen LogP contribution in [0.3, 0.4) is 0 Å². The van der Waals surface area contributed by atoms with E-state index in [4.69, 9.17) is 42.6 Å². The van der Waals surface area contributed by atoms with Crippen LogP contribution in [-0.2, 0) is 42.6 Å². The molecule has 0 aromatic carbocycles. The number of aliphatic hydroxyl groups is 13. The van der Waals surface area contributed by atoms with Gasteiger partial charge in [-0.15, -0.1) is 0 Å². The van der Waals surface area contributed by atoms with E-state index in [1.165, 1.54) is 6.92 Å². The molecule has 1 unspecified atom stereocenters. The lowest BCUT2D eigenvalue weighted by atomic mass is 9.30. The van der Waals surface area contributed by atoms with Gasteiger partial charge in [-0.2, -0.15) is 0 Å². The van der Waals surface area contributed by atoms with Gasteiger partial charge in [0, 0.05) is 17.4 Å². The minimum Gasteiger partial charge on any atom is -0.396 e. The molecule has 13 N–H and O–H groups in total. The first-order valence-electron chi connectivity index (χ1n) is 27.7. The molecule has 5 saturated carbocycles. The number of hydrogen-bond donors (Lipinski definition) is 13. The maximum absolute atomic E-state index is 12.4. The lowest BCUT2D eigenvalue weighted by Gasteiger charge is -2.75. The standard InChI is InChI=1S/C53H88O22/c1-23-32(58)36(62)39(65)43(69-23)75-42-38(64)34(60)25(19-55)71-46(42)72-26-20-67-45(41(35(26)61)74-44-40(66)37(63)33(59)24(18-54)70-44)73-31-10-11-49(5)27(47(31,2)3)8-12-50(6)28(49)9-13-53-29-16-48(4,21-56)14-15-52(29,22-68-53)30(57)17-51(50,53)7/h23-46,54-66H,8-22H2,1-7H3/t23-,24+,25+,26-,27-,28+,29?,30+,31-,32-,33+,34+,35-,36+,37-,38-,39+,40+,41+,42+,43-,44-,45-,46-,48+,49-,50+,51-,52+,53-/m0/s1. The molecule has 30 atom stereocenters. The van der Waals surface area contributed by atoms with Gasteiger partial charge in [-0.3, -0.25) is 0 Å². The van der Waals surface area contributed by atoms with E-state index in [0.717, 1.165) is 51.4 Å². The number of aliphatic hydroxyl groups excluding tert-OH is 13. The lowest BCUT2D eigenvalue weighted by Crippen LogP contribution is -2.74. The zero-order valence-corrected chi connectivity index (χ0v) is 44.5. The molecule has 10 aliphatic rings. The number of hydrogen-bond acceptors (Lipinski definition) is 22. The smallest absolute Gasteiger partial charge is 0.187 e. The van der Waals surface area contributed by atoms with E-state index in [1.807, 2.05) is 0 Å². The molecule has 5 aliphatic carbocycles. The third-order valence-corrected chi connectivity index (χ3v) is 22.5. The predicted octanol–water partition coefficient (Wildman–Crippen LogP) is -1.71. The Labute approximate surface area is 438 Å². The molecule has 22 heteroatoms. The number of ether oxygens (including phenoxy) is 9. The van der Waals surface area contributed by atoms with Crippen LogP contribution in [0.25, 0.3) is 0 Å². The molecule has 1 spiro atoms. The van der Waals surface area contributed by atoms with E-state index in [9.17, 15) is 66.4 Å². The minimum atomic E-state index is -1.88. The highest BCUT2D eigenvalue weighted by atomic mass is 16.8. The third-order valence-electron chi connectivity index (χ3n) is 22.5. The summed E-state index contributed by atoms with van der Waals surface area (Å²) in [6.45, 7) is 13.9. The Kier molecular flexibility index (Phi) is 15.5. The molecule has 10 rings (SSSR count). The Morgan fingerprint density at radius 1 is 0.520 bits per heavy atom. The van der Waals surface area contributed by atoms with Crippen molar-refractivity contribution in [3.8, 4) is 0 Å². The van der Waals surface area contributed by atoms with E-state index < -0.39 is 160 Å². The molecule has 0 aromatic rings. The number of rotatable bonds is 11. The van der Waals surface area contributed by atoms with Crippen molar-refractivity contribution in [2.24, 2.45) is 50.2 Å². The Hall–Kier alpha value is -0.880. The maximum atomic E-state index is 12.4. The fourth-order valence-electron chi connectivity index (χ4n) is 17.7. The summed E-state index contributed by atoms with van der Waals surface area (Å²) < 4.78 is 56.3. The summed E-state index contributed by atoms with van der Waals surface area (Å²) >= 11 is 0. The van der Waals surface area contributed by atoms with E-state index >= 15 is 0 Å². The summed E-state index contributed by atoms with van der Waals surface area (Å²) in [6, 6.07) is 0. The summed E-state index contributed by atoms with van der Waals surface area (Å²) in [5.41, 5.74) is -2.16. The normalized spacial score (nSPS) is 58.6. The quantitative estimate of drug-likeness (QED) is 0.102. The van der Waals surface area contributed by atoms with Crippen molar-refractivity contribution in [3.63, 3.8) is 0 Å². The lowest BCUT2D eigenvalue weighted by molar-refractivity contribution is -0.394. The second-order valence-corrected chi connectivity index (χ2v) is 26.4. The van der Waals surface area contributed by atoms with Gasteiger partial charge >= 0.3 is 0 Å². The molecule has 10 fully saturated rings. The molecule has 0 amide bonds. The predicted molar refractivity (Wildman–Crippen MR) is 256 cm³/mol. The average Bonchev–Trinajstić information content (AvgIpc) is 3.66. The van der Waals surface area contributed by atoms with Gasteiger partial charge < -0.3 is 109 Å². The van der Waals surface area contributed by atoms with Crippen LogP contribution in [-0.4, -0.2) is 234 Å². The van der Waals surface area contributed by atoms with Crippen molar-refractivity contribution in [3.05, 3.63) is 0 Å². The van der Waals surface area contributed by atoms with Gasteiger partial charge in [0.25, 0.3) is 0 Å². The second-order valence-electron chi connectivity index (χ2n) is 26.4. The Morgan fingerprint density at radius 2 is 1.12 bits per heavy atom. The van der Waals surface area contributed by atoms with Gasteiger partial charge in [-0.05, 0) is 111 Å². The van der Waals surface area contributed by atoms with Crippen LogP contribution in [0.4, 0.5) is 0 Å². The topological polar surface area (TPSA) is 346 Å². The van der Waals surface area contributed by atoms with Crippen LogP contribution in [0, 0.1) is 50.2 Å². The van der Waals surface area contributed by atoms with Crippen LogP contribution in [0.2, 0.25) is 0 Å².